The zero-order valence-corrected chi connectivity index (χ0v) is 15.9. The number of methoxy groups -OCH3 is 1. The minimum absolute atomic E-state index is 0.0316. The van der Waals surface area contributed by atoms with Crippen LogP contribution in [0.1, 0.15) is 5.89 Å². The molecule has 0 radical (unpaired) electrons. The number of oxazole rings is 1. The van der Waals surface area contributed by atoms with Crippen molar-refractivity contribution in [2.24, 2.45) is 0 Å². The molecule has 3 aromatic rings. The molecule has 148 valence electrons. The summed E-state index contributed by atoms with van der Waals surface area (Å²) in [6.07, 6.45) is -2.32. The SMILES string of the molecule is COc1ccc(S(=O)(=O)N2C[C@@H](F)[C@@H](OCc3nc4ccccc4o3)C2)cc1. The second-order valence-corrected chi connectivity index (χ2v) is 8.38. The van der Waals surface area contributed by atoms with Gasteiger partial charge >= 0.3 is 0 Å². The lowest BCUT2D eigenvalue weighted by atomic mass is 10.3. The zero-order chi connectivity index (χ0) is 19.7. The number of nitrogens with zero attached hydrogens (tertiary/aromatic N) is 2. The lowest BCUT2D eigenvalue weighted by Crippen LogP contribution is -2.30. The smallest absolute Gasteiger partial charge is 0.243 e. The van der Waals surface area contributed by atoms with Crippen LogP contribution >= 0.6 is 0 Å². The second-order valence-electron chi connectivity index (χ2n) is 6.44. The highest BCUT2D eigenvalue weighted by Crippen LogP contribution is 2.26. The Balaban J connectivity index is 1.43. The number of fused-ring (bicyclic) bond motifs is 1. The van der Waals surface area contributed by atoms with Crippen LogP contribution in [0.5, 0.6) is 5.75 Å². The quantitative estimate of drug-likeness (QED) is 0.626. The van der Waals surface area contributed by atoms with Crippen LogP contribution in [0.3, 0.4) is 0 Å². The van der Waals surface area contributed by atoms with Crippen molar-refractivity contribution in [3.05, 3.63) is 54.4 Å². The molecule has 2 heterocycles. The second kappa shape index (κ2) is 7.50. The van der Waals surface area contributed by atoms with Gasteiger partial charge in [-0.25, -0.2) is 17.8 Å². The van der Waals surface area contributed by atoms with Crippen LogP contribution in [0.25, 0.3) is 11.1 Å². The number of rotatable bonds is 6. The van der Waals surface area contributed by atoms with Crippen molar-refractivity contribution >= 4 is 21.1 Å². The first-order valence-corrected chi connectivity index (χ1v) is 10.2. The van der Waals surface area contributed by atoms with Crippen molar-refractivity contribution in [2.75, 3.05) is 20.2 Å². The maximum Gasteiger partial charge on any atom is 0.243 e. The van der Waals surface area contributed by atoms with Gasteiger partial charge in [0.25, 0.3) is 0 Å². The summed E-state index contributed by atoms with van der Waals surface area (Å²) >= 11 is 0. The van der Waals surface area contributed by atoms with Crippen molar-refractivity contribution in [2.45, 2.75) is 23.8 Å². The number of hydrogen-bond donors (Lipinski definition) is 0. The fourth-order valence-electron chi connectivity index (χ4n) is 3.11. The molecule has 1 aromatic heterocycles. The molecule has 1 fully saturated rings. The third kappa shape index (κ3) is 3.60. The summed E-state index contributed by atoms with van der Waals surface area (Å²) in [6, 6.07) is 13.2. The summed E-state index contributed by atoms with van der Waals surface area (Å²) in [5.74, 6) is 0.869. The van der Waals surface area contributed by atoms with Gasteiger partial charge in [0.05, 0.1) is 12.0 Å². The molecular weight excluding hydrogens is 387 g/mol. The molecule has 7 nitrogen and oxygen atoms in total. The van der Waals surface area contributed by atoms with Gasteiger partial charge in [-0.15, -0.1) is 0 Å². The predicted octanol–water partition coefficient (Wildman–Crippen LogP) is 2.76. The molecule has 2 aromatic carbocycles. The van der Waals surface area contributed by atoms with Crippen LogP contribution in [0.2, 0.25) is 0 Å². The maximum atomic E-state index is 14.4. The van der Waals surface area contributed by atoms with E-state index in [1.54, 1.807) is 24.3 Å². The van der Waals surface area contributed by atoms with Crippen LogP contribution in [-0.4, -0.2) is 50.2 Å². The number of alkyl halides is 1. The zero-order valence-electron chi connectivity index (χ0n) is 15.1. The summed E-state index contributed by atoms with van der Waals surface area (Å²) in [5.41, 5.74) is 1.31. The van der Waals surface area contributed by atoms with Crippen molar-refractivity contribution < 1.29 is 26.7 Å². The molecule has 1 aliphatic rings. The highest BCUT2D eigenvalue weighted by atomic mass is 32.2. The number of benzene rings is 2. The number of para-hydroxylation sites is 2. The average Bonchev–Trinajstić information content (AvgIpc) is 3.29. The Kier molecular flexibility index (Phi) is 5.05. The molecular formula is C19H19FN2O5S. The third-order valence-electron chi connectivity index (χ3n) is 4.62. The molecule has 0 unspecified atom stereocenters. The van der Waals surface area contributed by atoms with E-state index in [1.165, 1.54) is 19.2 Å². The Labute approximate surface area is 161 Å². The summed E-state index contributed by atoms with van der Waals surface area (Å²) in [7, 11) is -2.32. The monoisotopic (exact) mass is 406 g/mol. The fourth-order valence-corrected chi connectivity index (χ4v) is 4.57. The van der Waals surface area contributed by atoms with E-state index < -0.39 is 22.3 Å². The number of ether oxygens (including phenoxy) is 2. The summed E-state index contributed by atoms with van der Waals surface area (Å²) in [6.45, 7) is -0.363. The van der Waals surface area contributed by atoms with Crippen molar-refractivity contribution in [1.29, 1.82) is 0 Å². The molecule has 0 bridgehead atoms. The molecule has 2 atom stereocenters. The van der Waals surface area contributed by atoms with Crippen LogP contribution in [-0.2, 0) is 21.4 Å². The lowest BCUT2D eigenvalue weighted by Gasteiger charge is -2.16. The molecule has 0 aliphatic carbocycles. The molecule has 0 amide bonds. The minimum Gasteiger partial charge on any atom is -0.497 e. The van der Waals surface area contributed by atoms with E-state index in [4.69, 9.17) is 13.9 Å². The lowest BCUT2D eigenvalue weighted by molar-refractivity contribution is 0.00381. The Morgan fingerprint density at radius 2 is 1.93 bits per heavy atom. The summed E-state index contributed by atoms with van der Waals surface area (Å²) in [4.78, 5) is 4.36. The van der Waals surface area contributed by atoms with Crippen LogP contribution in [0, 0.1) is 0 Å². The van der Waals surface area contributed by atoms with E-state index in [9.17, 15) is 12.8 Å². The molecule has 0 spiro atoms. The first-order valence-electron chi connectivity index (χ1n) is 8.72. The Bertz CT molecular complexity index is 1030. The first kappa shape index (κ1) is 18.9. The van der Waals surface area contributed by atoms with Gasteiger partial charge in [0.2, 0.25) is 15.9 Å². The van der Waals surface area contributed by atoms with Gasteiger partial charge in [-0.2, -0.15) is 4.31 Å². The van der Waals surface area contributed by atoms with Crippen molar-refractivity contribution in [1.82, 2.24) is 9.29 Å². The molecule has 1 aliphatic heterocycles. The normalized spacial score (nSPS) is 20.6. The number of sulfonamides is 1. The standard InChI is InChI=1S/C19H19FN2O5S/c1-25-13-6-8-14(9-7-13)28(23,24)22-10-15(20)18(11-22)26-12-19-21-16-4-2-3-5-17(16)27-19/h2-9,15,18H,10-12H2,1H3/t15-,18+/m1/s1. The summed E-state index contributed by atoms with van der Waals surface area (Å²) < 4.78 is 57.2. The predicted molar refractivity (Wildman–Crippen MR) is 99.2 cm³/mol. The molecule has 0 N–H and O–H groups in total. The highest BCUT2D eigenvalue weighted by molar-refractivity contribution is 7.89. The van der Waals surface area contributed by atoms with Crippen LogP contribution in [0.15, 0.2) is 57.8 Å². The Morgan fingerprint density at radius 3 is 2.64 bits per heavy atom. The first-order chi connectivity index (χ1) is 13.5. The third-order valence-corrected chi connectivity index (χ3v) is 6.47. The van der Waals surface area contributed by atoms with Crippen molar-refractivity contribution in [3.63, 3.8) is 0 Å². The fraction of sp³-hybridized carbons (Fsp3) is 0.316. The largest absolute Gasteiger partial charge is 0.497 e. The topological polar surface area (TPSA) is 81.9 Å². The van der Waals surface area contributed by atoms with Gasteiger partial charge < -0.3 is 13.9 Å². The van der Waals surface area contributed by atoms with E-state index in [-0.39, 0.29) is 24.6 Å². The van der Waals surface area contributed by atoms with Gasteiger partial charge in [-0.3, -0.25) is 0 Å². The summed E-state index contributed by atoms with van der Waals surface area (Å²) in [5, 5.41) is 0. The van der Waals surface area contributed by atoms with Crippen molar-refractivity contribution in [3.8, 4) is 5.75 Å². The van der Waals surface area contributed by atoms with E-state index in [1.807, 2.05) is 12.1 Å². The Morgan fingerprint density at radius 1 is 1.18 bits per heavy atom. The van der Waals surface area contributed by atoms with Gasteiger partial charge in [0.15, 0.2) is 5.58 Å². The maximum absolute atomic E-state index is 14.4. The van der Waals surface area contributed by atoms with Gasteiger partial charge in [0, 0.05) is 13.1 Å². The Hall–Kier alpha value is -2.49. The number of hydrogen-bond acceptors (Lipinski definition) is 6. The van der Waals surface area contributed by atoms with Gasteiger partial charge in [-0.05, 0) is 36.4 Å². The van der Waals surface area contributed by atoms with E-state index in [2.05, 4.69) is 4.98 Å². The van der Waals surface area contributed by atoms with E-state index in [0.717, 1.165) is 4.31 Å². The number of aromatic nitrogens is 1. The average molecular weight is 406 g/mol. The van der Waals surface area contributed by atoms with Crippen LogP contribution in [0.4, 0.5) is 4.39 Å². The van der Waals surface area contributed by atoms with Gasteiger partial charge in [0.1, 0.15) is 30.1 Å². The molecule has 4 rings (SSSR count). The number of halogens is 1. The van der Waals surface area contributed by atoms with E-state index in [0.29, 0.717) is 22.7 Å². The highest BCUT2D eigenvalue weighted by Gasteiger charge is 2.40. The molecule has 9 heteroatoms. The molecule has 1 saturated heterocycles. The molecule has 0 saturated carbocycles. The van der Waals surface area contributed by atoms with Crippen LogP contribution < -0.4 is 4.74 Å². The molecule has 28 heavy (non-hydrogen) atoms. The minimum atomic E-state index is -3.81. The van der Waals surface area contributed by atoms with Gasteiger partial charge in [-0.1, -0.05) is 12.1 Å². The van der Waals surface area contributed by atoms with E-state index >= 15 is 0 Å².